The fraction of sp³-hybridized carbons (Fsp3) is 0.786. The van der Waals surface area contributed by atoms with Gasteiger partial charge in [-0.1, -0.05) is 46.1 Å². The summed E-state index contributed by atoms with van der Waals surface area (Å²) in [5.74, 6) is 0.503. The lowest BCUT2D eigenvalue weighted by molar-refractivity contribution is -0.123. The molecular weight excluding hydrogens is 198 g/mol. The first-order chi connectivity index (χ1) is 7.61. The second kappa shape index (κ2) is 9.44. The standard InChI is InChI=1S/C14H27NO/c1-4-6-8-10-14(16)13(9-7-5-2)11-12(3)15/h13H,3-11,15H2,1-2H3. The third-order valence-electron chi connectivity index (χ3n) is 2.90. The van der Waals surface area contributed by atoms with Crippen LogP contribution in [0.25, 0.3) is 0 Å². The number of hydrogen-bond donors (Lipinski definition) is 1. The molecule has 0 aromatic carbocycles. The molecule has 2 nitrogen and oxygen atoms in total. The Bertz CT molecular complexity index is 211. The zero-order valence-electron chi connectivity index (χ0n) is 10.9. The number of Topliss-reactive ketones (excluding diaryl/α,β-unsaturated/α-hetero) is 1. The van der Waals surface area contributed by atoms with Crippen molar-refractivity contribution in [3.63, 3.8) is 0 Å². The summed E-state index contributed by atoms with van der Waals surface area (Å²) in [4.78, 5) is 12.0. The van der Waals surface area contributed by atoms with Gasteiger partial charge in [-0.15, -0.1) is 0 Å². The molecule has 1 unspecified atom stereocenters. The highest BCUT2D eigenvalue weighted by molar-refractivity contribution is 5.81. The lowest BCUT2D eigenvalue weighted by atomic mass is 9.90. The summed E-state index contributed by atoms with van der Waals surface area (Å²) >= 11 is 0. The van der Waals surface area contributed by atoms with E-state index in [2.05, 4.69) is 20.4 Å². The molecule has 0 aliphatic heterocycles. The molecule has 0 spiro atoms. The van der Waals surface area contributed by atoms with Crippen molar-refractivity contribution in [3.8, 4) is 0 Å². The van der Waals surface area contributed by atoms with E-state index in [1.807, 2.05) is 0 Å². The summed E-state index contributed by atoms with van der Waals surface area (Å²) in [5, 5.41) is 0. The highest BCUT2D eigenvalue weighted by Gasteiger charge is 2.17. The van der Waals surface area contributed by atoms with Gasteiger partial charge in [-0.05, 0) is 19.3 Å². The maximum atomic E-state index is 12.0. The molecule has 0 saturated carbocycles. The van der Waals surface area contributed by atoms with Gasteiger partial charge in [0, 0.05) is 18.0 Å². The van der Waals surface area contributed by atoms with E-state index in [0.717, 1.165) is 44.9 Å². The SMILES string of the molecule is C=C(N)CC(CCCC)C(=O)CCCCC. The minimum Gasteiger partial charge on any atom is -0.402 e. The molecule has 0 bridgehead atoms. The predicted molar refractivity (Wildman–Crippen MR) is 70.1 cm³/mol. The average Bonchev–Trinajstić information content (AvgIpc) is 2.23. The summed E-state index contributed by atoms with van der Waals surface area (Å²) < 4.78 is 0. The predicted octanol–water partition coefficient (Wildman–Crippen LogP) is 3.80. The molecule has 94 valence electrons. The summed E-state index contributed by atoms with van der Waals surface area (Å²) in [5.41, 5.74) is 6.25. The molecule has 0 aliphatic rings. The summed E-state index contributed by atoms with van der Waals surface area (Å²) in [6, 6.07) is 0. The molecule has 0 aromatic rings. The van der Waals surface area contributed by atoms with Crippen molar-refractivity contribution >= 4 is 5.78 Å². The van der Waals surface area contributed by atoms with E-state index in [1.54, 1.807) is 0 Å². The minimum atomic E-state index is 0.120. The van der Waals surface area contributed by atoms with Gasteiger partial charge in [0.05, 0.1) is 0 Å². The molecule has 2 heteroatoms. The van der Waals surface area contributed by atoms with Crippen LogP contribution in [0.5, 0.6) is 0 Å². The Morgan fingerprint density at radius 2 is 1.81 bits per heavy atom. The monoisotopic (exact) mass is 225 g/mol. The average molecular weight is 225 g/mol. The number of rotatable bonds is 10. The molecule has 2 N–H and O–H groups in total. The van der Waals surface area contributed by atoms with Crippen molar-refractivity contribution < 1.29 is 4.79 Å². The molecule has 16 heavy (non-hydrogen) atoms. The molecule has 0 aliphatic carbocycles. The van der Waals surface area contributed by atoms with Crippen LogP contribution in [-0.2, 0) is 4.79 Å². The summed E-state index contributed by atoms with van der Waals surface area (Å²) in [6.45, 7) is 8.01. The minimum absolute atomic E-state index is 0.120. The van der Waals surface area contributed by atoms with Crippen molar-refractivity contribution in [3.05, 3.63) is 12.3 Å². The van der Waals surface area contributed by atoms with Gasteiger partial charge in [-0.2, -0.15) is 0 Å². The lowest BCUT2D eigenvalue weighted by Gasteiger charge is -2.15. The van der Waals surface area contributed by atoms with Gasteiger partial charge in [0.1, 0.15) is 5.78 Å². The van der Waals surface area contributed by atoms with E-state index in [1.165, 1.54) is 0 Å². The topological polar surface area (TPSA) is 43.1 Å². The first kappa shape index (κ1) is 15.2. The van der Waals surface area contributed by atoms with Crippen LogP contribution in [0.2, 0.25) is 0 Å². The van der Waals surface area contributed by atoms with Crippen molar-refractivity contribution in [1.82, 2.24) is 0 Å². The second-order valence-electron chi connectivity index (χ2n) is 4.62. The molecule has 0 saturated heterocycles. The first-order valence-corrected chi connectivity index (χ1v) is 6.57. The molecule has 0 heterocycles. The van der Waals surface area contributed by atoms with Crippen LogP contribution < -0.4 is 5.73 Å². The Balaban J connectivity index is 4.04. The summed E-state index contributed by atoms with van der Waals surface area (Å²) in [6.07, 6.45) is 7.94. The zero-order valence-corrected chi connectivity index (χ0v) is 10.9. The second-order valence-corrected chi connectivity index (χ2v) is 4.62. The van der Waals surface area contributed by atoms with E-state index in [9.17, 15) is 4.79 Å². The number of carbonyl (C=O) groups is 1. The molecule has 0 fully saturated rings. The van der Waals surface area contributed by atoms with Crippen LogP contribution in [0.3, 0.4) is 0 Å². The van der Waals surface area contributed by atoms with Crippen LogP contribution >= 0.6 is 0 Å². The van der Waals surface area contributed by atoms with Gasteiger partial charge >= 0.3 is 0 Å². The quantitative estimate of drug-likeness (QED) is 0.575. The molecular formula is C14H27NO. The summed E-state index contributed by atoms with van der Waals surface area (Å²) in [7, 11) is 0. The van der Waals surface area contributed by atoms with Crippen molar-refractivity contribution in [1.29, 1.82) is 0 Å². The van der Waals surface area contributed by atoms with Gasteiger partial charge in [0.15, 0.2) is 0 Å². The Morgan fingerprint density at radius 3 is 2.31 bits per heavy atom. The maximum Gasteiger partial charge on any atom is 0.136 e. The number of allylic oxidation sites excluding steroid dienone is 1. The third-order valence-corrected chi connectivity index (χ3v) is 2.90. The Hall–Kier alpha value is -0.790. The van der Waals surface area contributed by atoms with Crippen LogP contribution in [0.1, 0.15) is 65.2 Å². The van der Waals surface area contributed by atoms with Crippen molar-refractivity contribution in [2.75, 3.05) is 0 Å². The van der Waals surface area contributed by atoms with E-state index < -0.39 is 0 Å². The van der Waals surface area contributed by atoms with Gasteiger partial charge in [0.2, 0.25) is 0 Å². The fourth-order valence-electron chi connectivity index (χ4n) is 1.90. The van der Waals surface area contributed by atoms with Crippen molar-refractivity contribution in [2.24, 2.45) is 11.7 Å². The molecule has 1 atom stereocenters. The van der Waals surface area contributed by atoms with Gasteiger partial charge < -0.3 is 5.73 Å². The largest absolute Gasteiger partial charge is 0.402 e. The molecule has 0 rings (SSSR count). The van der Waals surface area contributed by atoms with Crippen molar-refractivity contribution in [2.45, 2.75) is 65.2 Å². The van der Waals surface area contributed by atoms with Gasteiger partial charge in [-0.3, -0.25) is 4.79 Å². The number of unbranched alkanes of at least 4 members (excludes halogenated alkanes) is 3. The normalized spacial score (nSPS) is 12.4. The highest BCUT2D eigenvalue weighted by Crippen LogP contribution is 2.19. The Labute approximate surface area is 100 Å². The number of hydrogen-bond acceptors (Lipinski definition) is 2. The van der Waals surface area contributed by atoms with Crippen LogP contribution in [0.4, 0.5) is 0 Å². The van der Waals surface area contributed by atoms with E-state index >= 15 is 0 Å². The van der Waals surface area contributed by atoms with Gasteiger partial charge in [0.25, 0.3) is 0 Å². The van der Waals surface area contributed by atoms with Crippen LogP contribution in [0.15, 0.2) is 12.3 Å². The fourth-order valence-corrected chi connectivity index (χ4v) is 1.90. The highest BCUT2D eigenvalue weighted by atomic mass is 16.1. The number of nitrogens with two attached hydrogens (primary N) is 1. The van der Waals surface area contributed by atoms with Gasteiger partial charge in [-0.25, -0.2) is 0 Å². The van der Waals surface area contributed by atoms with E-state index in [-0.39, 0.29) is 5.92 Å². The van der Waals surface area contributed by atoms with E-state index in [4.69, 9.17) is 5.73 Å². The Morgan fingerprint density at radius 1 is 1.19 bits per heavy atom. The lowest BCUT2D eigenvalue weighted by Crippen LogP contribution is -2.17. The molecule has 0 amide bonds. The Kier molecular flexibility index (Phi) is 8.97. The zero-order chi connectivity index (χ0) is 12.4. The van der Waals surface area contributed by atoms with Crippen LogP contribution in [0, 0.1) is 5.92 Å². The number of ketones is 1. The van der Waals surface area contributed by atoms with Crippen LogP contribution in [-0.4, -0.2) is 5.78 Å². The molecule has 0 radical (unpaired) electrons. The first-order valence-electron chi connectivity index (χ1n) is 6.57. The number of carbonyl (C=O) groups excluding carboxylic acids is 1. The van der Waals surface area contributed by atoms with E-state index in [0.29, 0.717) is 17.9 Å². The smallest absolute Gasteiger partial charge is 0.136 e. The molecule has 0 aromatic heterocycles. The third kappa shape index (κ3) is 7.49. The maximum absolute atomic E-state index is 12.0.